The maximum atomic E-state index is 13.9. The van der Waals surface area contributed by atoms with Crippen molar-refractivity contribution >= 4 is 28.9 Å². The summed E-state index contributed by atoms with van der Waals surface area (Å²) in [5.74, 6) is 0.268. The molecule has 192 valence electrons. The van der Waals surface area contributed by atoms with Crippen molar-refractivity contribution in [1.82, 2.24) is 4.90 Å². The van der Waals surface area contributed by atoms with Gasteiger partial charge in [0.2, 0.25) is 11.8 Å². The van der Waals surface area contributed by atoms with Gasteiger partial charge < -0.3 is 24.8 Å². The Labute approximate surface area is 218 Å². The van der Waals surface area contributed by atoms with Crippen LogP contribution < -0.4 is 19.9 Å². The first-order chi connectivity index (χ1) is 18.0. The molecule has 2 atom stereocenters. The zero-order valence-electron chi connectivity index (χ0n) is 21.5. The number of piperidine rings is 1. The molecule has 0 saturated carbocycles. The molecule has 5 rings (SSSR count). The SMILES string of the molecule is COc1ccc(N2C(=O)CC[C@H](C(=O)Nc3ccccc3N3CCN(C)CC3)[C@@H]2c2ccccc2)cc1. The van der Waals surface area contributed by atoms with Crippen LogP contribution in [0.1, 0.15) is 24.4 Å². The van der Waals surface area contributed by atoms with Crippen molar-refractivity contribution in [1.29, 1.82) is 0 Å². The van der Waals surface area contributed by atoms with Crippen LogP contribution in [-0.4, -0.2) is 57.1 Å². The van der Waals surface area contributed by atoms with Gasteiger partial charge in [-0.1, -0.05) is 42.5 Å². The quantitative estimate of drug-likeness (QED) is 0.539. The number of hydrogen-bond donors (Lipinski definition) is 1. The van der Waals surface area contributed by atoms with Crippen molar-refractivity contribution in [2.75, 3.05) is 55.5 Å². The first-order valence-corrected chi connectivity index (χ1v) is 12.9. The van der Waals surface area contributed by atoms with Crippen LogP contribution >= 0.6 is 0 Å². The third-order valence-corrected chi connectivity index (χ3v) is 7.43. The molecule has 7 nitrogen and oxygen atoms in total. The van der Waals surface area contributed by atoms with E-state index in [2.05, 4.69) is 28.2 Å². The van der Waals surface area contributed by atoms with E-state index in [0.29, 0.717) is 12.8 Å². The highest BCUT2D eigenvalue weighted by Gasteiger charge is 2.41. The molecule has 7 heteroatoms. The maximum Gasteiger partial charge on any atom is 0.230 e. The number of amides is 2. The summed E-state index contributed by atoms with van der Waals surface area (Å²) in [6.07, 6.45) is 0.807. The average molecular weight is 499 g/mol. The Hall–Kier alpha value is -3.84. The molecule has 0 aromatic heterocycles. The Morgan fingerprint density at radius 2 is 1.57 bits per heavy atom. The molecule has 0 bridgehead atoms. The molecule has 2 amide bonds. The van der Waals surface area contributed by atoms with E-state index in [1.807, 2.05) is 72.8 Å². The smallest absolute Gasteiger partial charge is 0.230 e. The van der Waals surface area contributed by atoms with Crippen molar-refractivity contribution in [2.24, 2.45) is 5.92 Å². The lowest BCUT2D eigenvalue weighted by molar-refractivity contribution is -0.125. The highest BCUT2D eigenvalue weighted by Crippen LogP contribution is 2.41. The van der Waals surface area contributed by atoms with Gasteiger partial charge in [0.15, 0.2) is 0 Å². The number of rotatable bonds is 6. The lowest BCUT2D eigenvalue weighted by atomic mass is 9.83. The van der Waals surface area contributed by atoms with Crippen LogP contribution in [0.2, 0.25) is 0 Å². The summed E-state index contributed by atoms with van der Waals surface area (Å²) in [6.45, 7) is 3.80. The molecule has 2 fully saturated rings. The van der Waals surface area contributed by atoms with Gasteiger partial charge in [-0.3, -0.25) is 9.59 Å². The fourth-order valence-corrected chi connectivity index (χ4v) is 5.37. The minimum absolute atomic E-state index is 0.0147. The predicted octanol–water partition coefficient (Wildman–Crippen LogP) is 4.57. The third kappa shape index (κ3) is 5.32. The van der Waals surface area contributed by atoms with Crippen LogP contribution in [0, 0.1) is 5.92 Å². The minimum Gasteiger partial charge on any atom is -0.497 e. The van der Waals surface area contributed by atoms with E-state index in [1.54, 1.807) is 12.0 Å². The molecular formula is C30H34N4O3. The maximum absolute atomic E-state index is 13.9. The number of likely N-dealkylation sites (N-methyl/N-ethyl adjacent to an activating group) is 1. The summed E-state index contributed by atoms with van der Waals surface area (Å²) < 4.78 is 5.31. The molecule has 3 aromatic carbocycles. The Morgan fingerprint density at radius 1 is 0.892 bits per heavy atom. The first kappa shape index (κ1) is 24.8. The number of carbonyl (C=O) groups is 2. The van der Waals surface area contributed by atoms with E-state index < -0.39 is 12.0 Å². The summed E-state index contributed by atoms with van der Waals surface area (Å²) in [7, 11) is 3.75. The van der Waals surface area contributed by atoms with Gasteiger partial charge in [-0.15, -0.1) is 0 Å². The average Bonchev–Trinajstić information content (AvgIpc) is 2.94. The molecule has 2 aliphatic heterocycles. The molecular weight excluding hydrogens is 464 g/mol. The van der Waals surface area contributed by atoms with Crippen LogP contribution in [0.25, 0.3) is 0 Å². The Bertz CT molecular complexity index is 1220. The minimum atomic E-state index is -0.411. The van der Waals surface area contributed by atoms with E-state index in [4.69, 9.17) is 4.74 Å². The van der Waals surface area contributed by atoms with E-state index in [-0.39, 0.29) is 11.8 Å². The van der Waals surface area contributed by atoms with Crippen molar-refractivity contribution in [3.8, 4) is 5.75 Å². The number of nitrogens with zero attached hydrogens (tertiary/aromatic N) is 3. The molecule has 37 heavy (non-hydrogen) atoms. The Balaban J connectivity index is 1.46. The molecule has 2 saturated heterocycles. The van der Waals surface area contributed by atoms with Gasteiger partial charge in [-0.05, 0) is 55.4 Å². The molecule has 1 N–H and O–H groups in total. The number of hydrogen-bond acceptors (Lipinski definition) is 5. The molecule has 0 unspecified atom stereocenters. The van der Waals surface area contributed by atoms with Crippen molar-refractivity contribution in [3.63, 3.8) is 0 Å². The number of nitrogens with one attached hydrogen (secondary N) is 1. The number of carbonyl (C=O) groups excluding carboxylic acids is 2. The third-order valence-electron chi connectivity index (χ3n) is 7.43. The highest BCUT2D eigenvalue weighted by molar-refractivity contribution is 6.01. The molecule has 0 radical (unpaired) electrons. The Kier molecular flexibility index (Phi) is 7.42. The summed E-state index contributed by atoms with van der Waals surface area (Å²) in [4.78, 5) is 33.7. The number of benzene rings is 3. The van der Waals surface area contributed by atoms with E-state index in [0.717, 1.165) is 54.6 Å². The van der Waals surface area contributed by atoms with Gasteiger partial charge in [0.25, 0.3) is 0 Å². The van der Waals surface area contributed by atoms with Crippen LogP contribution in [0.15, 0.2) is 78.9 Å². The second-order valence-electron chi connectivity index (χ2n) is 9.76. The van der Waals surface area contributed by atoms with Crippen LogP contribution in [0.3, 0.4) is 0 Å². The van der Waals surface area contributed by atoms with E-state index in [9.17, 15) is 9.59 Å². The van der Waals surface area contributed by atoms with Crippen LogP contribution in [-0.2, 0) is 9.59 Å². The summed E-state index contributed by atoms with van der Waals surface area (Å²) in [5, 5.41) is 3.24. The van der Waals surface area contributed by atoms with E-state index >= 15 is 0 Å². The first-order valence-electron chi connectivity index (χ1n) is 12.9. The highest BCUT2D eigenvalue weighted by atomic mass is 16.5. The van der Waals surface area contributed by atoms with Crippen LogP contribution in [0.5, 0.6) is 5.75 Å². The number of anilines is 3. The number of ether oxygens (including phenoxy) is 1. The fourth-order valence-electron chi connectivity index (χ4n) is 5.37. The van der Waals surface area contributed by atoms with E-state index in [1.165, 1.54) is 0 Å². The number of piperazine rings is 1. The lowest BCUT2D eigenvalue weighted by Gasteiger charge is -2.41. The number of para-hydroxylation sites is 2. The van der Waals surface area contributed by atoms with Gasteiger partial charge in [-0.2, -0.15) is 0 Å². The summed E-state index contributed by atoms with van der Waals surface area (Å²) >= 11 is 0. The largest absolute Gasteiger partial charge is 0.497 e. The Morgan fingerprint density at radius 3 is 2.27 bits per heavy atom. The molecule has 0 spiro atoms. The topological polar surface area (TPSA) is 65.1 Å². The standard InChI is InChI=1S/C30H34N4O3/c1-32-18-20-33(21-19-32)27-11-7-6-10-26(27)31-30(36)25-16-17-28(35)34(23-12-14-24(37-2)15-13-23)29(25)22-8-4-3-5-9-22/h3-15,25,29H,16-21H2,1-2H3,(H,31,36)/t25-,29-/m0/s1. The van der Waals surface area contributed by atoms with Crippen molar-refractivity contribution in [2.45, 2.75) is 18.9 Å². The molecule has 3 aromatic rings. The van der Waals surface area contributed by atoms with Crippen LogP contribution in [0.4, 0.5) is 17.1 Å². The molecule has 2 heterocycles. The normalized spacial score (nSPS) is 20.5. The lowest BCUT2D eigenvalue weighted by Crippen LogP contribution is -2.47. The predicted molar refractivity (Wildman–Crippen MR) is 147 cm³/mol. The zero-order chi connectivity index (χ0) is 25.8. The van der Waals surface area contributed by atoms with Gasteiger partial charge in [0.05, 0.1) is 30.4 Å². The number of methoxy groups -OCH3 is 1. The second kappa shape index (κ2) is 11.0. The fraction of sp³-hybridized carbons (Fsp3) is 0.333. The summed E-state index contributed by atoms with van der Waals surface area (Å²) in [5.41, 5.74) is 3.56. The van der Waals surface area contributed by atoms with Crippen molar-refractivity contribution in [3.05, 3.63) is 84.4 Å². The molecule has 0 aliphatic carbocycles. The van der Waals surface area contributed by atoms with Crippen molar-refractivity contribution < 1.29 is 14.3 Å². The summed E-state index contributed by atoms with van der Waals surface area (Å²) in [6, 6.07) is 24.9. The zero-order valence-corrected chi connectivity index (χ0v) is 21.5. The molecule has 2 aliphatic rings. The van der Waals surface area contributed by atoms with Gasteiger partial charge >= 0.3 is 0 Å². The van der Waals surface area contributed by atoms with Gasteiger partial charge in [-0.25, -0.2) is 0 Å². The van der Waals surface area contributed by atoms with Gasteiger partial charge in [0, 0.05) is 38.3 Å². The second-order valence-corrected chi connectivity index (χ2v) is 9.76. The van der Waals surface area contributed by atoms with Gasteiger partial charge in [0.1, 0.15) is 5.75 Å². The monoisotopic (exact) mass is 498 g/mol.